The van der Waals surface area contributed by atoms with E-state index in [4.69, 9.17) is 5.10 Å². The summed E-state index contributed by atoms with van der Waals surface area (Å²) in [5.41, 5.74) is 3.32. The highest BCUT2D eigenvalue weighted by Gasteiger charge is 2.21. The van der Waals surface area contributed by atoms with E-state index < -0.39 is 0 Å². The van der Waals surface area contributed by atoms with Crippen LogP contribution in [0.25, 0.3) is 16.9 Å². The topological polar surface area (TPSA) is 74.6 Å². The Morgan fingerprint density at radius 1 is 1.18 bits per heavy atom. The van der Waals surface area contributed by atoms with Crippen LogP contribution in [-0.4, -0.2) is 58.1 Å². The Balaban J connectivity index is 1.25. The number of amides is 1. The highest BCUT2D eigenvalue weighted by Crippen LogP contribution is 2.22. The Morgan fingerprint density at radius 2 is 2.06 bits per heavy atom. The first-order valence-corrected chi connectivity index (χ1v) is 12.3. The third-order valence-corrected chi connectivity index (χ3v) is 7.17. The molecule has 0 radical (unpaired) electrons. The maximum atomic E-state index is 12.6. The molecule has 1 aliphatic rings. The van der Waals surface area contributed by atoms with Crippen molar-refractivity contribution in [1.29, 1.82) is 0 Å². The van der Waals surface area contributed by atoms with Crippen LogP contribution in [0.15, 0.2) is 60.1 Å². The van der Waals surface area contributed by atoms with Gasteiger partial charge in [0.25, 0.3) is 5.91 Å². The van der Waals surface area contributed by atoms with Crippen LogP contribution < -0.4 is 10.6 Å². The molecule has 4 aromatic rings. The molecule has 1 aliphatic heterocycles. The first-order chi connectivity index (χ1) is 16.2. The number of carbonyl (C=O) groups is 1. The van der Waals surface area contributed by atoms with Crippen molar-refractivity contribution in [2.75, 3.05) is 32.0 Å². The van der Waals surface area contributed by atoms with Gasteiger partial charge in [0.1, 0.15) is 5.82 Å². The van der Waals surface area contributed by atoms with Gasteiger partial charge in [0, 0.05) is 35.1 Å². The van der Waals surface area contributed by atoms with Gasteiger partial charge in [0.15, 0.2) is 5.65 Å². The van der Waals surface area contributed by atoms with Crippen molar-refractivity contribution in [2.45, 2.75) is 25.3 Å². The average Bonchev–Trinajstić information content (AvgIpc) is 3.59. The molecule has 4 heterocycles. The van der Waals surface area contributed by atoms with Crippen LogP contribution in [0.2, 0.25) is 0 Å². The Morgan fingerprint density at radius 3 is 2.82 bits per heavy atom. The van der Waals surface area contributed by atoms with Crippen LogP contribution in [0.4, 0.5) is 5.82 Å². The zero-order chi connectivity index (χ0) is 22.6. The molecule has 0 aliphatic carbocycles. The van der Waals surface area contributed by atoms with Crippen LogP contribution in [0.1, 0.15) is 28.1 Å². The third-order valence-electron chi connectivity index (χ3n) is 6.23. The standard InChI is InChI=1S/C25H28N6OS/c1-30-14-2-4-20(30)16-28-25(32)19-8-6-18(7-9-19)22-17-27-24-11-10-23(29-31(22)24)26-13-12-21-5-3-15-33-21/h3,5-11,15,17,20H,2,4,12-14,16H2,1H3,(H,26,29)(H,28,32). The number of hydrogen-bond acceptors (Lipinski definition) is 6. The number of imidazole rings is 1. The molecule has 7 nitrogen and oxygen atoms in total. The zero-order valence-electron chi connectivity index (χ0n) is 18.7. The highest BCUT2D eigenvalue weighted by atomic mass is 32.1. The number of carbonyl (C=O) groups excluding carboxylic acids is 1. The fourth-order valence-corrected chi connectivity index (χ4v) is 4.98. The number of nitrogens with zero attached hydrogens (tertiary/aromatic N) is 4. The Kier molecular flexibility index (Phi) is 6.37. The van der Waals surface area contributed by atoms with Crippen molar-refractivity contribution in [3.05, 3.63) is 70.5 Å². The fraction of sp³-hybridized carbons (Fsp3) is 0.320. The summed E-state index contributed by atoms with van der Waals surface area (Å²) in [6, 6.07) is 16.2. The average molecular weight is 461 g/mol. The lowest BCUT2D eigenvalue weighted by atomic mass is 10.1. The number of hydrogen-bond donors (Lipinski definition) is 2. The summed E-state index contributed by atoms with van der Waals surface area (Å²) < 4.78 is 1.85. The first-order valence-electron chi connectivity index (χ1n) is 11.4. The van der Waals surface area contributed by atoms with Gasteiger partial charge >= 0.3 is 0 Å². The second-order valence-electron chi connectivity index (χ2n) is 8.45. The molecule has 0 saturated carbocycles. The van der Waals surface area contributed by atoms with Gasteiger partial charge in [0.2, 0.25) is 0 Å². The monoisotopic (exact) mass is 460 g/mol. The Hall–Kier alpha value is -3.23. The predicted octanol–water partition coefficient (Wildman–Crippen LogP) is 3.94. The molecule has 1 amide bonds. The van der Waals surface area contributed by atoms with E-state index in [1.54, 1.807) is 11.3 Å². The fourth-order valence-electron chi connectivity index (χ4n) is 4.28. The van der Waals surface area contributed by atoms with Gasteiger partial charge < -0.3 is 15.5 Å². The first kappa shape index (κ1) is 21.6. The molecule has 0 bridgehead atoms. The van der Waals surface area contributed by atoms with Crippen molar-refractivity contribution in [1.82, 2.24) is 24.8 Å². The Bertz CT molecular complexity index is 1220. The summed E-state index contributed by atoms with van der Waals surface area (Å²) in [5, 5.41) is 13.3. The normalized spacial score (nSPS) is 16.3. The molecule has 3 aromatic heterocycles. The molecule has 170 valence electrons. The molecule has 0 spiro atoms. The van der Waals surface area contributed by atoms with E-state index in [0.29, 0.717) is 18.2 Å². The highest BCUT2D eigenvalue weighted by molar-refractivity contribution is 7.09. The van der Waals surface area contributed by atoms with Gasteiger partial charge in [-0.25, -0.2) is 9.50 Å². The van der Waals surface area contributed by atoms with Gasteiger partial charge in [-0.1, -0.05) is 18.2 Å². The molecular formula is C25H28N6OS. The summed E-state index contributed by atoms with van der Waals surface area (Å²) in [5.74, 6) is 0.779. The molecule has 1 fully saturated rings. The van der Waals surface area contributed by atoms with Crippen LogP contribution >= 0.6 is 11.3 Å². The van der Waals surface area contributed by atoms with Crippen molar-refractivity contribution in [3.63, 3.8) is 0 Å². The summed E-state index contributed by atoms with van der Waals surface area (Å²) >= 11 is 1.77. The van der Waals surface area contributed by atoms with Crippen LogP contribution in [0.3, 0.4) is 0 Å². The quantitative estimate of drug-likeness (QED) is 0.417. The van der Waals surface area contributed by atoms with Gasteiger partial charge in [-0.2, -0.15) is 0 Å². The molecule has 1 atom stereocenters. The lowest BCUT2D eigenvalue weighted by Crippen LogP contribution is -2.38. The van der Waals surface area contributed by atoms with E-state index in [0.717, 1.165) is 48.7 Å². The summed E-state index contributed by atoms with van der Waals surface area (Å²) in [4.78, 5) is 20.7. The van der Waals surface area contributed by atoms with E-state index in [1.807, 2.05) is 47.1 Å². The van der Waals surface area contributed by atoms with Crippen LogP contribution in [-0.2, 0) is 6.42 Å². The van der Waals surface area contributed by atoms with E-state index in [9.17, 15) is 4.79 Å². The zero-order valence-corrected chi connectivity index (χ0v) is 19.5. The summed E-state index contributed by atoms with van der Waals surface area (Å²) in [7, 11) is 2.12. The lowest BCUT2D eigenvalue weighted by molar-refractivity contribution is 0.0943. The molecule has 8 heteroatoms. The minimum absolute atomic E-state index is 0.0321. The van der Waals surface area contributed by atoms with Gasteiger partial charge in [-0.3, -0.25) is 4.79 Å². The number of benzene rings is 1. The lowest BCUT2D eigenvalue weighted by Gasteiger charge is -2.19. The van der Waals surface area contributed by atoms with Crippen molar-refractivity contribution in [3.8, 4) is 11.3 Å². The number of fused-ring (bicyclic) bond motifs is 1. The van der Waals surface area contributed by atoms with E-state index in [2.05, 4.69) is 45.1 Å². The maximum absolute atomic E-state index is 12.6. The van der Waals surface area contributed by atoms with Crippen LogP contribution in [0.5, 0.6) is 0 Å². The number of thiophene rings is 1. The Labute approximate surface area is 197 Å². The number of nitrogens with one attached hydrogen (secondary N) is 2. The maximum Gasteiger partial charge on any atom is 0.251 e. The predicted molar refractivity (Wildman–Crippen MR) is 133 cm³/mol. The van der Waals surface area contributed by atoms with Crippen molar-refractivity contribution >= 4 is 28.7 Å². The number of likely N-dealkylation sites (N-methyl/N-ethyl adjacent to an activating group) is 1. The largest absolute Gasteiger partial charge is 0.368 e. The molecule has 2 N–H and O–H groups in total. The third kappa shape index (κ3) is 4.91. The molecule has 1 saturated heterocycles. The van der Waals surface area contributed by atoms with E-state index in [1.165, 1.54) is 11.3 Å². The minimum Gasteiger partial charge on any atom is -0.368 e. The molecule has 5 rings (SSSR count). The SMILES string of the molecule is CN1CCCC1CNC(=O)c1ccc(-c2cnc3ccc(NCCc4cccs4)nn23)cc1. The smallest absolute Gasteiger partial charge is 0.251 e. The minimum atomic E-state index is -0.0321. The molecular weight excluding hydrogens is 432 g/mol. The molecule has 1 unspecified atom stereocenters. The number of likely N-dealkylation sites (tertiary alicyclic amines) is 1. The second kappa shape index (κ2) is 9.72. The van der Waals surface area contributed by atoms with E-state index >= 15 is 0 Å². The van der Waals surface area contributed by atoms with Gasteiger partial charge in [-0.15, -0.1) is 16.4 Å². The van der Waals surface area contributed by atoms with Gasteiger partial charge in [0.05, 0.1) is 11.9 Å². The summed E-state index contributed by atoms with van der Waals surface area (Å²) in [6.07, 6.45) is 5.13. The number of aromatic nitrogens is 3. The molecule has 1 aromatic carbocycles. The van der Waals surface area contributed by atoms with Crippen LogP contribution in [0, 0.1) is 0 Å². The van der Waals surface area contributed by atoms with Crippen molar-refractivity contribution in [2.24, 2.45) is 0 Å². The van der Waals surface area contributed by atoms with Gasteiger partial charge in [-0.05, 0) is 68.6 Å². The van der Waals surface area contributed by atoms with Crippen molar-refractivity contribution < 1.29 is 4.79 Å². The summed E-state index contributed by atoms with van der Waals surface area (Å²) in [6.45, 7) is 2.62. The molecule has 33 heavy (non-hydrogen) atoms. The number of rotatable bonds is 8. The number of anilines is 1. The van der Waals surface area contributed by atoms with E-state index in [-0.39, 0.29) is 5.91 Å². The second-order valence-corrected chi connectivity index (χ2v) is 9.48.